The van der Waals surface area contributed by atoms with Gasteiger partial charge in [0.2, 0.25) is 0 Å². The maximum absolute atomic E-state index is 11.4. The predicted octanol–water partition coefficient (Wildman–Crippen LogP) is -1.68. The average molecular weight is 1010 g/mol. The maximum atomic E-state index is 11.4. The van der Waals surface area contributed by atoms with Crippen molar-refractivity contribution in [1.29, 1.82) is 0 Å². The lowest BCUT2D eigenvalue weighted by Gasteiger charge is -2.47. The molecule has 4 aliphatic heterocycles. The zero-order valence-corrected chi connectivity index (χ0v) is 40.5. The number of rotatable bonds is 32. The summed E-state index contributed by atoms with van der Waals surface area (Å²) in [5, 5.41) is 148. The van der Waals surface area contributed by atoms with E-state index in [2.05, 4.69) is 13.8 Å². The van der Waals surface area contributed by atoms with Gasteiger partial charge in [-0.05, 0) is 12.8 Å². The van der Waals surface area contributed by atoms with Crippen LogP contribution in [0.25, 0.3) is 0 Å². The Morgan fingerprint density at radius 1 is 0.333 bits per heavy atom. The molecule has 0 aromatic rings. The molecule has 4 rings (SSSR count). The SMILES string of the molecule is CCCCCCCCCCC(CCCCCCCCCC)(CO[C@@H]1OC(CO)[C@@H](O[C@H]2OC(CO)[C@@H](O)[C@H](O)C2O)[C@H](O)C1O)CO[C@@H]1OC(CO)[C@@H](O[C@@H]2OC(CO)[C@@H](O)[C@H](O)C2O)[C@H](O)C1O. The van der Waals surface area contributed by atoms with Gasteiger partial charge in [0, 0.05) is 5.41 Å². The van der Waals surface area contributed by atoms with Gasteiger partial charge in [-0.3, -0.25) is 0 Å². The molecule has 0 bridgehead atoms. The Bertz CT molecular complexity index is 1250. The van der Waals surface area contributed by atoms with Crippen molar-refractivity contribution in [2.45, 2.75) is 252 Å². The van der Waals surface area contributed by atoms with Crippen LogP contribution >= 0.6 is 0 Å². The zero-order chi connectivity index (χ0) is 50.7. The van der Waals surface area contributed by atoms with Crippen LogP contribution in [0.4, 0.5) is 0 Å². The van der Waals surface area contributed by atoms with E-state index in [4.69, 9.17) is 37.9 Å². The van der Waals surface area contributed by atoms with Gasteiger partial charge in [-0.2, -0.15) is 0 Å². The van der Waals surface area contributed by atoms with Gasteiger partial charge in [0.1, 0.15) is 97.7 Å². The Labute approximate surface area is 406 Å². The van der Waals surface area contributed by atoms with Gasteiger partial charge >= 0.3 is 0 Å². The molecular weight excluding hydrogens is 916 g/mol. The van der Waals surface area contributed by atoms with Crippen molar-refractivity contribution in [3.63, 3.8) is 0 Å². The Kier molecular flexibility index (Phi) is 27.4. The van der Waals surface area contributed by atoms with Gasteiger partial charge in [-0.15, -0.1) is 0 Å². The Hall–Kier alpha value is -0.880. The smallest absolute Gasteiger partial charge is 0.187 e. The maximum Gasteiger partial charge on any atom is 0.187 e. The van der Waals surface area contributed by atoms with Crippen LogP contribution in [0.5, 0.6) is 0 Å². The third kappa shape index (κ3) is 17.1. The van der Waals surface area contributed by atoms with E-state index in [0.29, 0.717) is 12.8 Å². The molecule has 8 unspecified atom stereocenters. The molecule has 0 spiro atoms. The molecule has 0 aromatic heterocycles. The lowest BCUT2D eigenvalue weighted by Crippen LogP contribution is -2.65. The largest absolute Gasteiger partial charge is 0.394 e. The second kappa shape index (κ2) is 31.1. The van der Waals surface area contributed by atoms with Crippen molar-refractivity contribution in [3.8, 4) is 0 Å². The van der Waals surface area contributed by atoms with Crippen LogP contribution in [-0.4, -0.2) is 234 Å². The van der Waals surface area contributed by atoms with Crippen molar-refractivity contribution in [2.24, 2.45) is 5.41 Å². The minimum Gasteiger partial charge on any atom is -0.394 e. The highest BCUT2D eigenvalue weighted by Crippen LogP contribution is 2.38. The van der Waals surface area contributed by atoms with Crippen LogP contribution in [-0.2, 0) is 37.9 Å². The molecule has 0 amide bonds. The molecule has 4 heterocycles. The van der Waals surface area contributed by atoms with E-state index in [1.807, 2.05) is 0 Å². The van der Waals surface area contributed by atoms with Crippen LogP contribution in [0.2, 0.25) is 0 Å². The van der Waals surface area contributed by atoms with E-state index in [0.717, 1.165) is 89.9 Å². The van der Waals surface area contributed by atoms with E-state index in [9.17, 15) is 71.5 Å². The van der Waals surface area contributed by atoms with Crippen molar-refractivity contribution in [2.75, 3.05) is 39.6 Å². The molecule has 22 heteroatoms. The fourth-order valence-electron chi connectivity index (χ4n) is 9.63. The lowest BCUT2D eigenvalue weighted by molar-refractivity contribution is -0.365. The first-order valence-electron chi connectivity index (χ1n) is 25.5. The molecule has 22 nitrogen and oxygen atoms in total. The molecule has 4 fully saturated rings. The standard InChI is InChI=1S/C47H88O22/c1-3-5-7-9-11-13-15-17-19-47(20-18-16-14-12-10-8-6-4-2,25-62-43-39(60)35(56)41(29(23-50)66-43)68-45-37(58)33(54)31(52)27(21-48)64-45)26-63-44-40(61)36(57)42(30(24-51)67-44)69-46-38(59)34(55)32(53)28(22-49)65-46/h27-46,48-61H,3-26H2,1-2H3/t27?,28?,29?,30?,31-,32-,33+,34+,35-,36-,37?,38?,39?,40?,41-,42-,43-,44-,45-,46+/m1/s1. The van der Waals surface area contributed by atoms with Crippen LogP contribution in [0.1, 0.15) is 129 Å². The summed E-state index contributed by atoms with van der Waals surface area (Å²) in [6.45, 7) is 1.04. The summed E-state index contributed by atoms with van der Waals surface area (Å²) in [6.07, 6.45) is -15.3. The number of hydrogen-bond acceptors (Lipinski definition) is 22. The van der Waals surface area contributed by atoms with Gasteiger partial charge in [-0.25, -0.2) is 0 Å². The molecule has 0 radical (unpaired) electrons. The first-order valence-corrected chi connectivity index (χ1v) is 25.5. The second-order valence-electron chi connectivity index (χ2n) is 19.6. The van der Waals surface area contributed by atoms with E-state index in [1.54, 1.807) is 0 Å². The van der Waals surface area contributed by atoms with Crippen molar-refractivity contribution >= 4 is 0 Å². The summed E-state index contributed by atoms with van der Waals surface area (Å²) in [4.78, 5) is 0. The predicted molar refractivity (Wildman–Crippen MR) is 242 cm³/mol. The zero-order valence-electron chi connectivity index (χ0n) is 40.5. The van der Waals surface area contributed by atoms with E-state index in [1.165, 1.54) is 12.8 Å². The summed E-state index contributed by atoms with van der Waals surface area (Å²) in [5.41, 5.74) is -0.872. The molecule has 4 aliphatic rings. The van der Waals surface area contributed by atoms with Crippen LogP contribution in [0.3, 0.4) is 0 Å². The summed E-state index contributed by atoms with van der Waals surface area (Å²) in [7, 11) is 0. The van der Waals surface area contributed by atoms with Crippen LogP contribution in [0.15, 0.2) is 0 Å². The van der Waals surface area contributed by atoms with E-state index in [-0.39, 0.29) is 13.2 Å². The highest BCUT2D eigenvalue weighted by Gasteiger charge is 2.53. The molecule has 0 aromatic carbocycles. The fourth-order valence-corrected chi connectivity index (χ4v) is 9.63. The number of ether oxygens (including phenoxy) is 8. The first kappa shape index (κ1) is 60.7. The number of aliphatic hydroxyl groups excluding tert-OH is 14. The van der Waals surface area contributed by atoms with E-state index >= 15 is 0 Å². The highest BCUT2D eigenvalue weighted by molar-refractivity contribution is 4.96. The molecule has 14 N–H and O–H groups in total. The number of hydrogen-bond donors (Lipinski definition) is 14. The quantitative estimate of drug-likeness (QED) is 0.0335. The van der Waals surface area contributed by atoms with Gasteiger partial charge in [0.15, 0.2) is 25.2 Å². The first-order chi connectivity index (χ1) is 33.1. The second-order valence-corrected chi connectivity index (χ2v) is 19.6. The minimum absolute atomic E-state index is 0.136. The summed E-state index contributed by atoms with van der Waals surface area (Å²) < 4.78 is 47.0. The lowest BCUT2D eigenvalue weighted by atomic mass is 9.79. The molecule has 0 aliphatic carbocycles. The third-order valence-corrected chi connectivity index (χ3v) is 14.1. The number of unbranched alkanes of at least 4 members (excludes halogenated alkanes) is 14. The molecule has 20 atom stereocenters. The fraction of sp³-hybridized carbons (Fsp3) is 1.00. The Balaban J connectivity index is 1.54. The van der Waals surface area contributed by atoms with Crippen LogP contribution in [0, 0.1) is 5.41 Å². The van der Waals surface area contributed by atoms with Crippen molar-refractivity contribution in [3.05, 3.63) is 0 Å². The van der Waals surface area contributed by atoms with Crippen LogP contribution < -0.4 is 0 Å². The summed E-state index contributed by atoms with van der Waals surface area (Å²) >= 11 is 0. The van der Waals surface area contributed by atoms with Gasteiger partial charge in [0.05, 0.1) is 39.6 Å². The molecule has 0 saturated carbocycles. The average Bonchev–Trinajstić information content (AvgIpc) is 3.35. The summed E-state index contributed by atoms with van der Waals surface area (Å²) in [6, 6.07) is 0. The molecular formula is C47H88O22. The van der Waals surface area contributed by atoms with Gasteiger partial charge in [0.25, 0.3) is 0 Å². The third-order valence-electron chi connectivity index (χ3n) is 14.1. The molecule has 4 saturated heterocycles. The highest BCUT2D eigenvalue weighted by atomic mass is 16.8. The Morgan fingerprint density at radius 2 is 0.623 bits per heavy atom. The van der Waals surface area contributed by atoms with Gasteiger partial charge < -0.3 is 109 Å². The van der Waals surface area contributed by atoms with Crippen molar-refractivity contribution in [1.82, 2.24) is 0 Å². The summed E-state index contributed by atoms with van der Waals surface area (Å²) in [5.74, 6) is 0. The monoisotopic (exact) mass is 1000 g/mol. The van der Waals surface area contributed by atoms with E-state index < -0.39 is 155 Å². The van der Waals surface area contributed by atoms with Gasteiger partial charge in [-0.1, -0.05) is 117 Å². The Morgan fingerprint density at radius 3 is 0.942 bits per heavy atom. The normalized spacial score (nSPS) is 39.0. The topological polar surface area (TPSA) is 357 Å². The molecule has 69 heavy (non-hydrogen) atoms. The van der Waals surface area contributed by atoms with Crippen molar-refractivity contribution < 1.29 is 109 Å². The number of aliphatic hydroxyl groups is 14. The molecule has 408 valence electrons. The minimum atomic E-state index is -1.84.